The minimum Gasteiger partial charge on any atom is -0.493 e. The molecule has 0 heterocycles. The molecule has 0 radical (unpaired) electrons. The predicted molar refractivity (Wildman–Crippen MR) is 70.6 cm³/mol. The standard InChI is InChI=1S/C14H17NO3/c1-2-12-9-13(15(16)17)7-8-14(12)18-10-11-5-3-4-6-11/h2,7-9,11H,1,3-6,10H2. The molecule has 4 heteroatoms. The summed E-state index contributed by atoms with van der Waals surface area (Å²) in [5.74, 6) is 1.31. The van der Waals surface area contributed by atoms with E-state index in [9.17, 15) is 10.1 Å². The number of nitro benzene ring substituents is 1. The first kappa shape index (κ1) is 12.6. The predicted octanol–water partition coefficient (Wildman–Crippen LogP) is 3.81. The quantitative estimate of drug-likeness (QED) is 0.587. The molecule has 18 heavy (non-hydrogen) atoms. The number of hydrogen-bond acceptors (Lipinski definition) is 3. The molecule has 1 aliphatic rings. The highest BCUT2D eigenvalue weighted by molar-refractivity contribution is 5.59. The van der Waals surface area contributed by atoms with Crippen LogP contribution in [0.3, 0.4) is 0 Å². The van der Waals surface area contributed by atoms with Crippen molar-refractivity contribution in [2.45, 2.75) is 25.7 Å². The monoisotopic (exact) mass is 247 g/mol. The number of non-ortho nitro benzene ring substituents is 1. The second-order valence-corrected chi connectivity index (χ2v) is 4.64. The van der Waals surface area contributed by atoms with E-state index < -0.39 is 4.92 Å². The van der Waals surface area contributed by atoms with Crippen LogP contribution in [0.1, 0.15) is 31.2 Å². The molecule has 0 aromatic heterocycles. The molecule has 1 saturated carbocycles. The molecular weight excluding hydrogens is 230 g/mol. The summed E-state index contributed by atoms with van der Waals surface area (Å²) in [5, 5.41) is 10.7. The molecule has 0 unspecified atom stereocenters. The third-order valence-electron chi connectivity index (χ3n) is 3.37. The molecule has 2 rings (SSSR count). The van der Waals surface area contributed by atoms with Crippen LogP contribution < -0.4 is 4.74 Å². The fourth-order valence-electron chi connectivity index (χ4n) is 2.33. The van der Waals surface area contributed by atoms with Crippen molar-refractivity contribution in [2.75, 3.05) is 6.61 Å². The highest BCUT2D eigenvalue weighted by Crippen LogP contribution is 2.28. The molecule has 1 aromatic rings. The Bertz CT molecular complexity index is 450. The Morgan fingerprint density at radius 3 is 2.78 bits per heavy atom. The van der Waals surface area contributed by atoms with Crippen molar-refractivity contribution in [3.8, 4) is 5.75 Å². The molecule has 0 atom stereocenters. The van der Waals surface area contributed by atoms with Gasteiger partial charge in [-0.25, -0.2) is 0 Å². The summed E-state index contributed by atoms with van der Waals surface area (Å²) >= 11 is 0. The van der Waals surface area contributed by atoms with E-state index in [0.29, 0.717) is 23.8 Å². The normalized spacial score (nSPS) is 15.6. The molecule has 0 bridgehead atoms. The van der Waals surface area contributed by atoms with Gasteiger partial charge >= 0.3 is 0 Å². The fraction of sp³-hybridized carbons (Fsp3) is 0.429. The first-order chi connectivity index (χ1) is 8.70. The van der Waals surface area contributed by atoms with Crippen LogP contribution in [0.15, 0.2) is 24.8 Å². The van der Waals surface area contributed by atoms with Crippen molar-refractivity contribution in [2.24, 2.45) is 5.92 Å². The van der Waals surface area contributed by atoms with E-state index in [1.165, 1.54) is 37.8 Å². The van der Waals surface area contributed by atoms with Gasteiger partial charge in [-0.1, -0.05) is 25.5 Å². The lowest BCUT2D eigenvalue weighted by molar-refractivity contribution is -0.384. The van der Waals surface area contributed by atoms with Crippen molar-refractivity contribution >= 4 is 11.8 Å². The minimum atomic E-state index is -0.409. The number of nitro groups is 1. The Labute approximate surface area is 106 Å². The molecular formula is C14H17NO3. The number of rotatable bonds is 5. The fourth-order valence-corrected chi connectivity index (χ4v) is 2.33. The van der Waals surface area contributed by atoms with Gasteiger partial charge in [0.1, 0.15) is 5.75 Å². The van der Waals surface area contributed by atoms with Gasteiger partial charge in [0.15, 0.2) is 0 Å². The van der Waals surface area contributed by atoms with Gasteiger partial charge in [-0.2, -0.15) is 0 Å². The van der Waals surface area contributed by atoms with Crippen molar-refractivity contribution in [3.05, 3.63) is 40.5 Å². The molecule has 1 aliphatic carbocycles. The van der Waals surface area contributed by atoms with Crippen molar-refractivity contribution in [3.63, 3.8) is 0 Å². The van der Waals surface area contributed by atoms with Crippen LogP contribution in [0.5, 0.6) is 5.75 Å². The van der Waals surface area contributed by atoms with Crippen LogP contribution >= 0.6 is 0 Å². The van der Waals surface area contributed by atoms with E-state index in [0.717, 1.165) is 0 Å². The number of nitrogens with zero attached hydrogens (tertiary/aromatic N) is 1. The van der Waals surface area contributed by atoms with E-state index in [1.807, 2.05) is 0 Å². The third kappa shape index (κ3) is 2.88. The van der Waals surface area contributed by atoms with Gasteiger partial charge in [-0.05, 0) is 24.8 Å². The molecule has 96 valence electrons. The van der Waals surface area contributed by atoms with Gasteiger partial charge in [0.2, 0.25) is 0 Å². The Morgan fingerprint density at radius 2 is 2.17 bits per heavy atom. The lowest BCUT2D eigenvalue weighted by Gasteiger charge is -2.13. The summed E-state index contributed by atoms with van der Waals surface area (Å²) in [6.45, 7) is 4.36. The van der Waals surface area contributed by atoms with E-state index in [4.69, 9.17) is 4.74 Å². The van der Waals surface area contributed by atoms with Gasteiger partial charge in [0, 0.05) is 17.7 Å². The SMILES string of the molecule is C=Cc1cc([N+](=O)[O-])ccc1OCC1CCCC1. The molecule has 0 saturated heterocycles. The topological polar surface area (TPSA) is 52.4 Å². The van der Waals surface area contributed by atoms with E-state index in [1.54, 1.807) is 12.1 Å². The Hall–Kier alpha value is -1.84. The van der Waals surface area contributed by atoms with Crippen LogP contribution in [-0.4, -0.2) is 11.5 Å². The Kier molecular flexibility index (Phi) is 3.97. The maximum atomic E-state index is 10.7. The third-order valence-corrected chi connectivity index (χ3v) is 3.37. The largest absolute Gasteiger partial charge is 0.493 e. The summed E-state index contributed by atoms with van der Waals surface area (Å²) in [6, 6.07) is 4.62. The smallest absolute Gasteiger partial charge is 0.270 e. The van der Waals surface area contributed by atoms with Gasteiger partial charge in [0.05, 0.1) is 11.5 Å². The van der Waals surface area contributed by atoms with E-state index in [2.05, 4.69) is 6.58 Å². The van der Waals surface area contributed by atoms with Crippen molar-refractivity contribution in [1.82, 2.24) is 0 Å². The maximum Gasteiger partial charge on any atom is 0.270 e. The zero-order valence-corrected chi connectivity index (χ0v) is 10.3. The number of ether oxygens (including phenoxy) is 1. The average Bonchev–Trinajstić information content (AvgIpc) is 2.89. The average molecular weight is 247 g/mol. The lowest BCUT2D eigenvalue weighted by atomic mass is 10.1. The van der Waals surface area contributed by atoms with Crippen molar-refractivity contribution in [1.29, 1.82) is 0 Å². The summed E-state index contributed by atoms with van der Waals surface area (Å²) < 4.78 is 5.75. The van der Waals surface area contributed by atoms with Gasteiger partial charge < -0.3 is 4.74 Å². The highest BCUT2D eigenvalue weighted by Gasteiger charge is 2.16. The molecule has 1 fully saturated rings. The van der Waals surface area contributed by atoms with Crippen LogP contribution in [0.4, 0.5) is 5.69 Å². The van der Waals surface area contributed by atoms with Crippen LogP contribution in [0.25, 0.3) is 6.08 Å². The Morgan fingerprint density at radius 1 is 1.44 bits per heavy atom. The summed E-state index contributed by atoms with van der Waals surface area (Å²) in [4.78, 5) is 10.3. The maximum absolute atomic E-state index is 10.7. The molecule has 4 nitrogen and oxygen atoms in total. The first-order valence-corrected chi connectivity index (χ1v) is 6.24. The second kappa shape index (κ2) is 5.67. The van der Waals surface area contributed by atoms with E-state index in [-0.39, 0.29) is 5.69 Å². The number of benzene rings is 1. The first-order valence-electron chi connectivity index (χ1n) is 6.24. The van der Waals surface area contributed by atoms with Crippen LogP contribution in [0, 0.1) is 16.0 Å². The van der Waals surface area contributed by atoms with Crippen molar-refractivity contribution < 1.29 is 9.66 Å². The minimum absolute atomic E-state index is 0.0677. The summed E-state index contributed by atoms with van der Waals surface area (Å²) in [6.07, 6.45) is 6.59. The Balaban J connectivity index is 2.06. The highest BCUT2D eigenvalue weighted by atomic mass is 16.6. The summed E-state index contributed by atoms with van der Waals surface area (Å²) in [5.41, 5.74) is 0.750. The van der Waals surface area contributed by atoms with Crippen LogP contribution in [-0.2, 0) is 0 Å². The van der Waals surface area contributed by atoms with Gasteiger partial charge in [-0.3, -0.25) is 10.1 Å². The van der Waals surface area contributed by atoms with Gasteiger partial charge in [-0.15, -0.1) is 0 Å². The van der Waals surface area contributed by atoms with E-state index >= 15 is 0 Å². The number of hydrogen-bond donors (Lipinski definition) is 0. The zero-order valence-electron chi connectivity index (χ0n) is 10.3. The van der Waals surface area contributed by atoms with Gasteiger partial charge in [0.25, 0.3) is 5.69 Å². The lowest BCUT2D eigenvalue weighted by Crippen LogP contribution is -2.08. The zero-order chi connectivity index (χ0) is 13.0. The molecule has 0 amide bonds. The van der Waals surface area contributed by atoms with Crippen LogP contribution in [0.2, 0.25) is 0 Å². The second-order valence-electron chi connectivity index (χ2n) is 4.64. The molecule has 1 aromatic carbocycles. The molecule has 0 spiro atoms. The molecule has 0 aliphatic heterocycles. The molecule has 0 N–H and O–H groups in total. The summed E-state index contributed by atoms with van der Waals surface area (Å²) in [7, 11) is 0.